The van der Waals surface area contributed by atoms with Crippen molar-refractivity contribution in [2.45, 2.75) is 37.5 Å². The number of fused-ring (bicyclic) bond motifs is 1. The summed E-state index contributed by atoms with van der Waals surface area (Å²) in [6.07, 6.45) is 5.34. The second-order valence-corrected chi connectivity index (χ2v) is 7.89. The standard InChI is InChI=1S/C20H23FN4O2/c21-14-3-1-2-13(6-14)19-17(8-22-24-19)20(26)23-15-7-16-11-27-18(12-4-5-12)10-25(16)9-15/h1-3,6,8,12,15-16,18H,4-5,7,9-11H2,(H,22,24)(H,23,26)/t15-,16+,18-/m1/s1. The van der Waals surface area contributed by atoms with Crippen LogP contribution in [0, 0.1) is 11.7 Å². The number of nitrogens with one attached hydrogen (secondary N) is 2. The lowest BCUT2D eigenvalue weighted by molar-refractivity contribution is -0.0581. The molecule has 0 spiro atoms. The summed E-state index contributed by atoms with van der Waals surface area (Å²) in [5.41, 5.74) is 1.60. The number of ether oxygens (including phenoxy) is 1. The Morgan fingerprint density at radius 3 is 3.04 bits per heavy atom. The molecule has 2 N–H and O–H groups in total. The molecule has 2 saturated heterocycles. The van der Waals surface area contributed by atoms with E-state index in [1.165, 1.54) is 31.2 Å². The van der Waals surface area contributed by atoms with E-state index in [-0.39, 0.29) is 17.8 Å². The normalized spacial score (nSPS) is 28.1. The number of H-pyrrole nitrogens is 1. The van der Waals surface area contributed by atoms with Gasteiger partial charge in [-0.3, -0.25) is 14.8 Å². The molecule has 3 atom stereocenters. The smallest absolute Gasteiger partial charge is 0.255 e. The van der Waals surface area contributed by atoms with Crippen LogP contribution in [-0.4, -0.2) is 58.9 Å². The highest BCUT2D eigenvalue weighted by Crippen LogP contribution is 2.38. The minimum absolute atomic E-state index is 0.0966. The molecule has 3 heterocycles. The van der Waals surface area contributed by atoms with Crippen LogP contribution in [0.1, 0.15) is 29.6 Å². The molecule has 2 aliphatic heterocycles. The Balaban J connectivity index is 1.26. The first-order valence-corrected chi connectivity index (χ1v) is 9.63. The number of halogens is 1. The summed E-state index contributed by atoms with van der Waals surface area (Å²) in [5.74, 6) is 0.221. The number of rotatable bonds is 4. The third-order valence-electron chi connectivity index (χ3n) is 5.93. The number of aromatic amines is 1. The molecule has 1 aromatic carbocycles. The van der Waals surface area contributed by atoms with E-state index in [1.54, 1.807) is 12.1 Å². The second kappa shape index (κ2) is 6.73. The predicted molar refractivity (Wildman–Crippen MR) is 97.7 cm³/mol. The molecule has 7 heteroatoms. The SMILES string of the molecule is O=C(N[C@@H]1C[C@H]2CO[C@@H](C3CC3)CN2C1)c1cn[nH]c1-c1cccc(F)c1. The first-order chi connectivity index (χ1) is 13.2. The van der Waals surface area contributed by atoms with Gasteiger partial charge < -0.3 is 10.1 Å². The highest BCUT2D eigenvalue weighted by atomic mass is 19.1. The number of hydrogen-bond donors (Lipinski definition) is 2. The summed E-state index contributed by atoms with van der Waals surface area (Å²) in [6.45, 7) is 2.59. The van der Waals surface area contributed by atoms with Crippen molar-refractivity contribution in [3.8, 4) is 11.3 Å². The van der Waals surface area contributed by atoms with Gasteiger partial charge in [0.05, 0.1) is 30.2 Å². The Labute approximate surface area is 157 Å². The van der Waals surface area contributed by atoms with E-state index < -0.39 is 0 Å². The maximum atomic E-state index is 13.5. The van der Waals surface area contributed by atoms with Crippen LogP contribution < -0.4 is 5.32 Å². The van der Waals surface area contributed by atoms with Crippen molar-refractivity contribution in [1.29, 1.82) is 0 Å². The van der Waals surface area contributed by atoms with Crippen molar-refractivity contribution in [3.05, 3.63) is 41.8 Å². The van der Waals surface area contributed by atoms with Crippen molar-refractivity contribution in [1.82, 2.24) is 20.4 Å². The quantitative estimate of drug-likeness (QED) is 0.866. The fraction of sp³-hybridized carbons (Fsp3) is 0.500. The summed E-state index contributed by atoms with van der Waals surface area (Å²) in [5, 5.41) is 9.95. The lowest BCUT2D eigenvalue weighted by Crippen LogP contribution is -2.47. The van der Waals surface area contributed by atoms with Gasteiger partial charge in [0.1, 0.15) is 5.82 Å². The van der Waals surface area contributed by atoms with Gasteiger partial charge in [0.15, 0.2) is 0 Å². The number of carbonyl (C=O) groups excluding carboxylic acids is 1. The number of amides is 1. The fourth-order valence-corrected chi connectivity index (χ4v) is 4.34. The molecule has 0 unspecified atom stereocenters. The topological polar surface area (TPSA) is 70.2 Å². The molecule has 6 nitrogen and oxygen atoms in total. The van der Waals surface area contributed by atoms with Crippen LogP contribution in [-0.2, 0) is 4.74 Å². The average molecular weight is 370 g/mol. The Morgan fingerprint density at radius 2 is 2.22 bits per heavy atom. The minimum Gasteiger partial charge on any atom is -0.375 e. The van der Waals surface area contributed by atoms with Crippen molar-refractivity contribution >= 4 is 5.91 Å². The van der Waals surface area contributed by atoms with Crippen LogP contribution in [0.2, 0.25) is 0 Å². The van der Waals surface area contributed by atoms with Crippen LogP contribution in [0.4, 0.5) is 4.39 Å². The molecule has 2 aromatic rings. The zero-order chi connectivity index (χ0) is 18.4. The number of benzene rings is 1. The fourth-order valence-electron chi connectivity index (χ4n) is 4.34. The van der Waals surface area contributed by atoms with Gasteiger partial charge in [0.25, 0.3) is 5.91 Å². The first-order valence-electron chi connectivity index (χ1n) is 9.63. The van der Waals surface area contributed by atoms with Crippen molar-refractivity contribution in [2.24, 2.45) is 5.92 Å². The van der Waals surface area contributed by atoms with E-state index in [0.717, 1.165) is 32.0 Å². The number of hydrogen-bond acceptors (Lipinski definition) is 4. The molecule has 1 saturated carbocycles. The molecular weight excluding hydrogens is 347 g/mol. The summed E-state index contributed by atoms with van der Waals surface area (Å²) in [4.78, 5) is 15.3. The van der Waals surface area contributed by atoms with Crippen molar-refractivity contribution < 1.29 is 13.9 Å². The van der Waals surface area contributed by atoms with E-state index in [9.17, 15) is 9.18 Å². The largest absolute Gasteiger partial charge is 0.375 e. The summed E-state index contributed by atoms with van der Waals surface area (Å²) >= 11 is 0. The first kappa shape index (κ1) is 16.9. The average Bonchev–Trinajstić information content (AvgIpc) is 3.25. The molecule has 1 amide bonds. The highest BCUT2D eigenvalue weighted by molar-refractivity contribution is 5.99. The Kier molecular flexibility index (Phi) is 4.21. The third kappa shape index (κ3) is 3.37. The molecule has 0 radical (unpaired) electrons. The minimum atomic E-state index is -0.341. The van der Waals surface area contributed by atoms with Gasteiger partial charge in [-0.05, 0) is 37.3 Å². The van der Waals surface area contributed by atoms with E-state index in [4.69, 9.17) is 4.74 Å². The zero-order valence-corrected chi connectivity index (χ0v) is 15.0. The van der Waals surface area contributed by atoms with E-state index >= 15 is 0 Å². The maximum Gasteiger partial charge on any atom is 0.255 e. The number of morpholine rings is 1. The van der Waals surface area contributed by atoms with Gasteiger partial charge in [-0.15, -0.1) is 0 Å². The number of nitrogens with zero attached hydrogens (tertiary/aromatic N) is 2. The van der Waals surface area contributed by atoms with Gasteiger partial charge in [-0.1, -0.05) is 12.1 Å². The third-order valence-corrected chi connectivity index (χ3v) is 5.93. The highest BCUT2D eigenvalue weighted by Gasteiger charge is 2.42. The molecule has 1 aliphatic carbocycles. The molecular formula is C20H23FN4O2. The molecule has 3 fully saturated rings. The van der Waals surface area contributed by atoms with Crippen molar-refractivity contribution in [2.75, 3.05) is 19.7 Å². The van der Waals surface area contributed by atoms with Crippen LogP contribution in [0.25, 0.3) is 11.3 Å². The molecule has 1 aromatic heterocycles. The van der Waals surface area contributed by atoms with Crippen LogP contribution in [0.3, 0.4) is 0 Å². The predicted octanol–water partition coefficient (Wildman–Crippen LogP) is 2.20. The molecule has 0 bridgehead atoms. The van der Waals surface area contributed by atoms with Crippen molar-refractivity contribution in [3.63, 3.8) is 0 Å². The zero-order valence-electron chi connectivity index (χ0n) is 15.0. The maximum absolute atomic E-state index is 13.5. The van der Waals surface area contributed by atoms with E-state index in [0.29, 0.717) is 29.0 Å². The van der Waals surface area contributed by atoms with Gasteiger partial charge in [-0.2, -0.15) is 5.10 Å². The summed E-state index contributed by atoms with van der Waals surface area (Å²) in [6, 6.07) is 6.65. The Hall–Kier alpha value is -2.25. The summed E-state index contributed by atoms with van der Waals surface area (Å²) in [7, 11) is 0. The Morgan fingerprint density at radius 1 is 1.33 bits per heavy atom. The lowest BCUT2D eigenvalue weighted by Gasteiger charge is -2.35. The van der Waals surface area contributed by atoms with Crippen LogP contribution in [0.15, 0.2) is 30.5 Å². The monoisotopic (exact) mass is 370 g/mol. The van der Waals surface area contributed by atoms with Crippen LogP contribution in [0.5, 0.6) is 0 Å². The van der Waals surface area contributed by atoms with Gasteiger partial charge in [0.2, 0.25) is 0 Å². The lowest BCUT2D eigenvalue weighted by atomic mass is 10.1. The molecule has 142 valence electrons. The molecule has 27 heavy (non-hydrogen) atoms. The molecule has 3 aliphatic rings. The molecule has 5 rings (SSSR count). The Bertz CT molecular complexity index is 850. The second-order valence-electron chi connectivity index (χ2n) is 7.89. The van der Waals surface area contributed by atoms with Gasteiger partial charge >= 0.3 is 0 Å². The number of aromatic nitrogens is 2. The van der Waals surface area contributed by atoms with E-state index in [1.807, 2.05) is 0 Å². The van der Waals surface area contributed by atoms with Crippen LogP contribution >= 0.6 is 0 Å². The van der Waals surface area contributed by atoms with Gasteiger partial charge in [0, 0.05) is 30.7 Å². The van der Waals surface area contributed by atoms with E-state index in [2.05, 4.69) is 20.4 Å². The summed E-state index contributed by atoms with van der Waals surface area (Å²) < 4.78 is 19.6. The number of carbonyl (C=O) groups is 1. The van der Waals surface area contributed by atoms with Gasteiger partial charge in [-0.25, -0.2) is 4.39 Å².